The van der Waals surface area contributed by atoms with E-state index in [0.717, 1.165) is 0 Å². The standard InChI is InChI=1S/C15H17N3O3/c1-15(2)13(19)17-11-5-4-10(9-16)8-12(11)18(14(15)20)6-7-21-3/h4-5,8H,6-7H2,1-3H3,(H,17,19). The normalized spacial score (nSPS) is 16.8. The quantitative estimate of drug-likeness (QED) is 0.854. The Bertz CT molecular complexity index is 632. The predicted octanol–water partition coefficient (Wildman–Crippen LogP) is 1.52. The van der Waals surface area contributed by atoms with Crippen LogP contribution in [0.5, 0.6) is 0 Å². The molecule has 21 heavy (non-hydrogen) atoms. The second-order valence-corrected chi connectivity index (χ2v) is 5.37. The molecule has 0 atom stereocenters. The third kappa shape index (κ3) is 2.60. The summed E-state index contributed by atoms with van der Waals surface area (Å²) in [5.41, 5.74) is 0.293. The summed E-state index contributed by atoms with van der Waals surface area (Å²) in [5, 5.41) is 11.8. The first-order valence-electron chi connectivity index (χ1n) is 6.58. The lowest BCUT2D eigenvalue weighted by molar-refractivity contribution is -0.136. The minimum Gasteiger partial charge on any atom is -0.383 e. The largest absolute Gasteiger partial charge is 0.383 e. The van der Waals surface area contributed by atoms with Gasteiger partial charge in [-0.3, -0.25) is 9.59 Å². The van der Waals surface area contributed by atoms with Crippen LogP contribution in [0.15, 0.2) is 18.2 Å². The summed E-state index contributed by atoms with van der Waals surface area (Å²) in [4.78, 5) is 26.4. The average molecular weight is 287 g/mol. The Hall–Kier alpha value is -2.39. The van der Waals surface area contributed by atoms with E-state index in [1.54, 1.807) is 39.2 Å². The Balaban J connectivity index is 2.57. The highest BCUT2D eigenvalue weighted by Gasteiger charge is 2.42. The van der Waals surface area contributed by atoms with Gasteiger partial charge in [0.2, 0.25) is 11.8 Å². The highest BCUT2D eigenvalue weighted by Crippen LogP contribution is 2.35. The van der Waals surface area contributed by atoms with E-state index >= 15 is 0 Å². The molecular weight excluding hydrogens is 270 g/mol. The first-order valence-corrected chi connectivity index (χ1v) is 6.58. The molecule has 2 rings (SSSR count). The first kappa shape index (κ1) is 15.0. The minimum absolute atomic E-state index is 0.314. The number of ether oxygens (including phenoxy) is 1. The van der Waals surface area contributed by atoms with Gasteiger partial charge in [0.15, 0.2) is 0 Å². The van der Waals surface area contributed by atoms with E-state index in [2.05, 4.69) is 5.32 Å². The Morgan fingerprint density at radius 2 is 2.10 bits per heavy atom. The number of nitrogens with zero attached hydrogens (tertiary/aromatic N) is 2. The van der Waals surface area contributed by atoms with Gasteiger partial charge >= 0.3 is 0 Å². The van der Waals surface area contributed by atoms with E-state index in [-0.39, 0.29) is 11.8 Å². The highest BCUT2D eigenvalue weighted by molar-refractivity contribution is 6.19. The van der Waals surface area contributed by atoms with Crippen molar-refractivity contribution >= 4 is 23.2 Å². The number of carbonyl (C=O) groups is 2. The molecule has 0 fully saturated rings. The Labute approximate surface area is 123 Å². The average Bonchev–Trinajstić information content (AvgIpc) is 2.53. The lowest BCUT2D eigenvalue weighted by atomic mass is 9.91. The van der Waals surface area contributed by atoms with Crippen molar-refractivity contribution in [3.8, 4) is 6.07 Å². The van der Waals surface area contributed by atoms with Gasteiger partial charge in [0, 0.05) is 13.7 Å². The van der Waals surface area contributed by atoms with Gasteiger partial charge < -0.3 is 15.0 Å². The number of nitrogens with one attached hydrogen (secondary N) is 1. The second kappa shape index (κ2) is 5.54. The van der Waals surface area contributed by atoms with Crippen molar-refractivity contribution in [1.82, 2.24) is 0 Å². The molecule has 0 radical (unpaired) electrons. The first-order chi connectivity index (χ1) is 9.91. The lowest BCUT2D eigenvalue weighted by Gasteiger charge is -2.27. The number of hydrogen-bond acceptors (Lipinski definition) is 4. The molecule has 6 heteroatoms. The number of anilines is 2. The SMILES string of the molecule is COCCN1C(=O)C(C)(C)C(=O)Nc2ccc(C#N)cc21. The van der Waals surface area contributed by atoms with Crippen LogP contribution in [0, 0.1) is 16.7 Å². The molecule has 6 nitrogen and oxygen atoms in total. The van der Waals surface area contributed by atoms with Crippen molar-refractivity contribution in [3.63, 3.8) is 0 Å². The molecule has 0 aromatic heterocycles. The van der Waals surface area contributed by atoms with Crippen LogP contribution in [0.2, 0.25) is 0 Å². The maximum absolute atomic E-state index is 12.7. The molecule has 0 unspecified atom stereocenters. The van der Waals surface area contributed by atoms with E-state index in [1.165, 1.54) is 4.90 Å². The van der Waals surface area contributed by atoms with Gasteiger partial charge in [0.1, 0.15) is 5.41 Å². The molecule has 2 amide bonds. The maximum Gasteiger partial charge on any atom is 0.242 e. The molecule has 1 heterocycles. The molecule has 0 aliphatic carbocycles. The van der Waals surface area contributed by atoms with Gasteiger partial charge in [-0.1, -0.05) is 0 Å². The smallest absolute Gasteiger partial charge is 0.242 e. The summed E-state index contributed by atoms with van der Waals surface area (Å²) in [6.07, 6.45) is 0. The highest BCUT2D eigenvalue weighted by atomic mass is 16.5. The Kier molecular flexibility index (Phi) is 3.96. The minimum atomic E-state index is -1.18. The molecule has 1 aliphatic heterocycles. The summed E-state index contributed by atoms with van der Waals surface area (Å²) < 4.78 is 5.04. The summed E-state index contributed by atoms with van der Waals surface area (Å²) >= 11 is 0. The summed E-state index contributed by atoms with van der Waals surface area (Å²) in [7, 11) is 1.55. The van der Waals surface area contributed by atoms with Crippen LogP contribution in [-0.4, -0.2) is 32.1 Å². The van der Waals surface area contributed by atoms with Crippen molar-refractivity contribution in [1.29, 1.82) is 5.26 Å². The molecular formula is C15H17N3O3. The van der Waals surface area contributed by atoms with E-state index < -0.39 is 5.41 Å². The van der Waals surface area contributed by atoms with Crippen LogP contribution >= 0.6 is 0 Å². The van der Waals surface area contributed by atoms with Crippen molar-refractivity contribution in [2.45, 2.75) is 13.8 Å². The van der Waals surface area contributed by atoms with Gasteiger partial charge in [0.25, 0.3) is 0 Å². The molecule has 1 aromatic rings. The fourth-order valence-corrected chi connectivity index (χ4v) is 2.16. The van der Waals surface area contributed by atoms with Crippen LogP contribution in [0.1, 0.15) is 19.4 Å². The number of methoxy groups -OCH3 is 1. The molecule has 1 aliphatic rings. The van der Waals surface area contributed by atoms with Gasteiger partial charge in [0.05, 0.1) is 29.6 Å². The topological polar surface area (TPSA) is 82.4 Å². The van der Waals surface area contributed by atoms with Crippen LogP contribution < -0.4 is 10.2 Å². The van der Waals surface area contributed by atoms with Gasteiger partial charge in [-0.25, -0.2) is 0 Å². The molecule has 110 valence electrons. The maximum atomic E-state index is 12.7. The molecule has 1 aromatic carbocycles. The Morgan fingerprint density at radius 3 is 2.71 bits per heavy atom. The van der Waals surface area contributed by atoms with Crippen molar-refractivity contribution in [2.75, 3.05) is 30.5 Å². The lowest BCUT2D eigenvalue weighted by Crippen LogP contribution is -2.46. The van der Waals surface area contributed by atoms with Crippen LogP contribution in [0.4, 0.5) is 11.4 Å². The van der Waals surface area contributed by atoms with E-state index in [1.807, 2.05) is 6.07 Å². The summed E-state index contributed by atoms with van der Waals surface area (Å²) in [5.74, 6) is -0.677. The fourth-order valence-electron chi connectivity index (χ4n) is 2.16. The zero-order valence-corrected chi connectivity index (χ0v) is 12.3. The predicted molar refractivity (Wildman–Crippen MR) is 77.8 cm³/mol. The molecule has 0 spiro atoms. The number of nitriles is 1. The molecule has 0 saturated carbocycles. The molecule has 0 saturated heterocycles. The number of carbonyl (C=O) groups excluding carboxylic acids is 2. The van der Waals surface area contributed by atoms with Crippen molar-refractivity contribution in [2.24, 2.45) is 5.41 Å². The van der Waals surface area contributed by atoms with Gasteiger partial charge in [-0.05, 0) is 32.0 Å². The van der Waals surface area contributed by atoms with Crippen LogP contribution in [0.3, 0.4) is 0 Å². The zero-order valence-electron chi connectivity index (χ0n) is 12.3. The zero-order chi connectivity index (χ0) is 15.6. The van der Waals surface area contributed by atoms with Crippen molar-refractivity contribution in [3.05, 3.63) is 23.8 Å². The van der Waals surface area contributed by atoms with E-state index in [9.17, 15) is 9.59 Å². The van der Waals surface area contributed by atoms with Crippen LogP contribution in [-0.2, 0) is 14.3 Å². The third-order valence-electron chi connectivity index (χ3n) is 3.53. The number of rotatable bonds is 3. The number of fused-ring (bicyclic) bond motifs is 1. The van der Waals surface area contributed by atoms with Crippen molar-refractivity contribution < 1.29 is 14.3 Å². The van der Waals surface area contributed by atoms with E-state index in [0.29, 0.717) is 30.1 Å². The monoisotopic (exact) mass is 287 g/mol. The molecule has 0 bridgehead atoms. The summed E-state index contributed by atoms with van der Waals surface area (Å²) in [6, 6.07) is 6.89. The third-order valence-corrected chi connectivity index (χ3v) is 3.53. The second-order valence-electron chi connectivity index (χ2n) is 5.37. The van der Waals surface area contributed by atoms with Crippen LogP contribution in [0.25, 0.3) is 0 Å². The molecule has 1 N–H and O–H groups in total. The Morgan fingerprint density at radius 1 is 1.38 bits per heavy atom. The summed E-state index contributed by atoms with van der Waals surface area (Å²) in [6.45, 7) is 3.82. The number of hydrogen-bond donors (Lipinski definition) is 1. The van der Waals surface area contributed by atoms with Gasteiger partial charge in [-0.2, -0.15) is 5.26 Å². The fraction of sp³-hybridized carbons (Fsp3) is 0.400. The number of amides is 2. The van der Waals surface area contributed by atoms with E-state index in [4.69, 9.17) is 10.00 Å². The number of benzene rings is 1. The van der Waals surface area contributed by atoms with Gasteiger partial charge in [-0.15, -0.1) is 0 Å².